The van der Waals surface area contributed by atoms with Crippen LogP contribution in [0.3, 0.4) is 0 Å². The van der Waals surface area contributed by atoms with Crippen molar-refractivity contribution in [2.75, 3.05) is 0 Å². The Bertz CT molecular complexity index is 1530. The minimum atomic E-state index is 0.961. The molecule has 0 fully saturated rings. The third kappa shape index (κ3) is 2.66. The second-order valence-electron chi connectivity index (χ2n) is 7.86. The average molecular weight is 389 g/mol. The first-order valence-corrected chi connectivity index (χ1v) is 10.9. The SMILES string of the molecule is Cc1cc2ccc(Cc3cccc4c3sc3ccccc34)cc2c2ccccc12. The number of fused-ring (bicyclic) bond motifs is 6. The topological polar surface area (TPSA) is 0 Å². The van der Waals surface area contributed by atoms with Crippen LogP contribution in [0.5, 0.6) is 0 Å². The summed E-state index contributed by atoms with van der Waals surface area (Å²) >= 11 is 1.92. The average Bonchev–Trinajstić information content (AvgIpc) is 3.14. The molecule has 0 aliphatic carbocycles. The van der Waals surface area contributed by atoms with Gasteiger partial charge in [-0.25, -0.2) is 0 Å². The van der Waals surface area contributed by atoms with Crippen molar-refractivity contribution in [3.8, 4) is 0 Å². The monoisotopic (exact) mass is 388 g/mol. The van der Waals surface area contributed by atoms with E-state index in [9.17, 15) is 0 Å². The van der Waals surface area contributed by atoms with Gasteiger partial charge < -0.3 is 0 Å². The molecule has 1 heteroatoms. The lowest BCUT2D eigenvalue weighted by molar-refractivity contribution is 1.23. The van der Waals surface area contributed by atoms with Crippen LogP contribution in [0.1, 0.15) is 16.7 Å². The van der Waals surface area contributed by atoms with E-state index in [-0.39, 0.29) is 0 Å². The van der Waals surface area contributed by atoms with Crippen LogP contribution in [0, 0.1) is 6.92 Å². The summed E-state index contributed by atoms with van der Waals surface area (Å²) in [6, 6.07) is 33.5. The van der Waals surface area contributed by atoms with Gasteiger partial charge in [-0.3, -0.25) is 0 Å². The minimum absolute atomic E-state index is 0.961. The molecule has 0 amide bonds. The number of thiophene rings is 1. The second-order valence-corrected chi connectivity index (χ2v) is 8.92. The van der Waals surface area contributed by atoms with Gasteiger partial charge in [-0.05, 0) is 57.6 Å². The van der Waals surface area contributed by atoms with Crippen molar-refractivity contribution < 1.29 is 0 Å². The maximum atomic E-state index is 2.39. The van der Waals surface area contributed by atoms with E-state index in [1.807, 2.05) is 11.3 Å². The molecular weight excluding hydrogens is 368 g/mol. The molecule has 0 atom stereocenters. The molecule has 0 bridgehead atoms. The van der Waals surface area contributed by atoms with Gasteiger partial charge in [0.15, 0.2) is 0 Å². The van der Waals surface area contributed by atoms with E-state index in [4.69, 9.17) is 0 Å². The number of hydrogen-bond donors (Lipinski definition) is 0. The fourth-order valence-electron chi connectivity index (χ4n) is 4.61. The first-order chi connectivity index (χ1) is 14.3. The summed E-state index contributed by atoms with van der Waals surface area (Å²) in [5, 5.41) is 8.13. The van der Waals surface area contributed by atoms with Crippen LogP contribution in [-0.2, 0) is 6.42 Å². The van der Waals surface area contributed by atoms with E-state index in [1.54, 1.807) is 0 Å². The predicted octanol–water partition coefficient (Wildman–Crippen LogP) is 8.26. The zero-order valence-corrected chi connectivity index (χ0v) is 17.1. The molecule has 0 unspecified atom stereocenters. The lowest BCUT2D eigenvalue weighted by Crippen LogP contribution is -1.90. The zero-order valence-electron chi connectivity index (χ0n) is 16.3. The van der Waals surface area contributed by atoms with E-state index in [1.165, 1.54) is 58.4 Å². The molecule has 0 nitrogen and oxygen atoms in total. The quantitative estimate of drug-likeness (QED) is 0.262. The highest BCUT2D eigenvalue weighted by atomic mass is 32.1. The summed E-state index contributed by atoms with van der Waals surface area (Å²) in [5.74, 6) is 0. The van der Waals surface area contributed by atoms with E-state index in [0.717, 1.165) is 6.42 Å². The van der Waals surface area contributed by atoms with Crippen LogP contribution in [0.25, 0.3) is 41.7 Å². The molecular formula is C28H20S. The van der Waals surface area contributed by atoms with Crippen molar-refractivity contribution in [1.29, 1.82) is 0 Å². The molecule has 1 aromatic heterocycles. The van der Waals surface area contributed by atoms with Crippen molar-refractivity contribution in [3.63, 3.8) is 0 Å². The molecule has 0 N–H and O–H groups in total. The number of hydrogen-bond acceptors (Lipinski definition) is 1. The Morgan fingerprint density at radius 3 is 2.28 bits per heavy atom. The number of benzene rings is 5. The predicted molar refractivity (Wildman–Crippen MR) is 128 cm³/mol. The van der Waals surface area contributed by atoms with Gasteiger partial charge in [-0.1, -0.05) is 84.9 Å². The van der Waals surface area contributed by atoms with Crippen LogP contribution in [-0.4, -0.2) is 0 Å². The Labute approximate surface area is 174 Å². The molecule has 0 saturated heterocycles. The van der Waals surface area contributed by atoms with Gasteiger partial charge in [0.05, 0.1) is 0 Å². The molecule has 29 heavy (non-hydrogen) atoms. The summed E-state index contributed by atoms with van der Waals surface area (Å²) < 4.78 is 2.79. The van der Waals surface area contributed by atoms with E-state index in [2.05, 4.69) is 97.9 Å². The smallest absolute Gasteiger partial charge is 0.0390 e. The van der Waals surface area contributed by atoms with Crippen molar-refractivity contribution >= 4 is 53.1 Å². The highest BCUT2D eigenvalue weighted by molar-refractivity contribution is 7.26. The van der Waals surface area contributed by atoms with Crippen molar-refractivity contribution in [2.45, 2.75) is 13.3 Å². The molecule has 138 valence electrons. The van der Waals surface area contributed by atoms with E-state index < -0.39 is 0 Å². The lowest BCUT2D eigenvalue weighted by Gasteiger charge is -2.10. The Morgan fingerprint density at radius 2 is 1.38 bits per heavy atom. The van der Waals surface area contributed by atoms with Crippen LogP contribution >= 0.6 is 11.3 Å². The third-order valence-corrected chi connectivity index (χ3v) is 7.27. The summed E-state index contributed by atoms with van der Waals surface area (Å²) in [6.45, 7) is 2.21. The van der Waals surface area contributed by atoms with Crippen LogP contribution in [0.15, 0.2) is 91.0 Å². The van der Waals surface area contributed by atoms with Gasteiger partial charge in [-0.15, -0.1) is 11.3 Å². The van der Waals surface area contributed by atoms with Gasteiger partial charge in [0, 0.05) is 20.2 Å². The third-order valence-electron chi connectivity index (χ3n) is 6.01. The molecule has 6 aromatic rings. The molecule has 0 saturated carbocycles. The van der Waals surface area contributed by atoms with Gasteiger partial charge in [0.1, 0.15) is 0 Å². The van der Waals surface area contributed by atoms with Crippen molar-refractivity contribution in [1.82, 2.24) is 0 Å². The standard InChI is InChI=1S/C28H20S/c1-18-15-20-14-13-19(17-26(20)23-9-3-2-8-22(18)23)16-21-7-6-11-25-24-10-4-5-12-27(24)29-28(21)25/h2-15,17H,16H2,1H3. The fourth-order valence-corrected chi connectivity index (χ4v) is 5.82. The molecule has 0 aliphatic rings. The molecule has 6 rings (SSSR count). The Morgan fingerprint density at radius 1 is 0.621 bits per heavy atom. The normalized spacial score (nSPS) is 11.8. The molecule has 5 aromatic carbocycles. The second kappa shape index (κ2) is 6.43. The van der Waals surface area contributed by atoms with Gasteiger partial charge >= 0.3 is 0 Å². The largest absolute Gasteiger partial charge is 0.135 e. The zero-order chi connectivity index (χ0) is 19.4. The van der Waals surface area contributed by atoms with Crippen molar-refractivity contribution in [2.24, 2.45) is 0 Å². The van der Waals surface area contributed by atoms with Gasteiger partial charge in [0.25, 0.3) is 0 Å². The Balaban J connectivity index is 1.53. The lowest BCUT2D eigenvalue weighted by atomic mass is 9.94. The highest BCUT2D eigenvalue weighted by Crippen LogP contribution is 2.37. The Kier molecular flexibility index (Phi) is 3.72. The van der Waals surface area contributed by atoms with Crippen LogP contribution in [0.4, 0.5) is 0 Å². The summed E-state index contributed by atoms with van der Waals surface area (Å²) in [4.78, 5) is 0. The van der Waals surface area contributed by atoms with Gasteiger partial charge in [0.2, 0.25) is 0 Å². The minimum Gasteiger partial charge on any atom is -0.135 e. The molecule has 0 aliphatic heterocycles. The molecule has 1 heterocycles. The van der Waals surface area contributed by atoms with Crippen molar-refractivity contribution in [3.05, 3.63) is 108 Å². The van der Waals surface area contributed by atoms with Gasteiger partial charge in [-0.2, -0.15) is 0 Å². The summed E-state index contributed by atoms with van der Waals surface area (Å²) in [7, 11) is 0. The fraction of sp³-hybridized carbons (Fsp3) is 0.0714. The molecule has 0 radical (unpaired) electrons. The maximum Gasteiger partial charge on any atom is 0.0390 e. The highest BCUT2D eigenvalue weighted by Gasteiger charge is 2.10. The molecule has 0 spiro atoms. The summed E-state index contributed by atoms with van der Waals surface area (Å²) in [6.07, 6.45) is 0.961. The number of aryl methyl sites for hydroxylation is 1. The first kappa shape index (κ1) is 16.8. The number of rotatable bonds is 2. The van der Waals surface area contributed by atoms with Crippen LogP contribution < -0.4 is 0 Å². The van der Waals surface area contributed by atoms with E-state index >= 15 is 0 Å². The first-order valence-electron chi connectivity index (χ1n) is 10.1. The van der Waals surface area contributed by atoms with Crippen LogP contribution in [0.2, 0.25) is 0 Å². The summed E-state index contributed by atoms with van der Waals surface area (Å²) in [5.41, 5.74) is 4.13. The Hall–Kier alpha value is -3.16. The maximum absolute atomic E-state index is 2.39. The van der Waals surface area contributed by atoms with E-state index in [0.29, 0.717) is 0 Å².